The molecule has 0 aliphatic carbocycles. The van der Waals surface area contributed by atoms with E-state index in [0.717, 1.165) is 95.2 Å². The standard InChI is InChI=1S/C26H23N2Si.C20H18NOSi.C20H18NSSi.3C12H10N.3Ir/c1-29(2,3)21-14-15-24(27-18-21)19-13-16-26-23(17-19)22-11-7-8-12-25(22)28(26)20-9-5-4-6-10-20;2*1-23(2,3)15-9-10-18(21-13-15)14-8-11-20-17(12-14)16-6-4-5-7-19(16)22-20;3*1-10-7-8-12(13-9-10)11-5-3-2-4-6-11;;;/h4-12,14-18H,1-3H3;2*4-7,9-13H,1-3H3;3*2-5,7-9H,1H3;;;/q6*-1;;;/i;;;3*1D3;;;. The van der Waals surface area contributed by atoms with E-state index in [1.807, 2.05) is 109 Å². The van der Waals surface area contributed by atoms with Gasteiger partial charge in [-0.25, -0.2) is 0 Å². The molecule has 117 heavy (non-hydrogen) atoms. The Bertz CT molecular complexity index is 6390. The second-order valence-corrected chi connectivity index (χ2v) is 46.8. The van der Waals surface area contributed by atoms with Crippen LogP contribution in [0.1, 0.15) is 29.0 Å². The van der Waals surface area contributed by atoms with Crippen LogP contribution in [0.2, 0.25) is 58.9 Å². The molecule has 19 aromatic rings. The summed E-state index contributed by atoms with van der Waals surface area (Å²) in [5.74, 6) is 0. The van der Waals surface area contributed by atoms with Crippen LogP contribution in [0.5, 0.6) is 0 Å². The smallest absolute Gasteiger partial charge is 0.120 e. The third-order valence-electron chi connectivity index (χ3n) is 19.2. The summed E-state index contributed by atoms with van der Waals surface area (Å²) in [6.07, 6.45) is 10.3. The first-order valence-corrected chi connectivity index (χ1v) is 49.0. The molecule has 0 fully saturated rings. The van der Waals surface area contributed by atoms with Gasteiger partial charge in [0.05, 0.1) is 29.8 Å². The number of hydrogen-bond donors (Lipinski definition) is 0. The van der Waals surface area contributed by atoms with Crippen molar-refractivity contribution in [2.75, 3.05) is 0 Å². The van der Waals surface area contributed by atoms with Crippen molar-refractivity contribution < 1.29 is 77.1 Å². The zero-order chi connectivity index (χ0) is 86.9. The van der Waals surface area contributed by atoms with Gasteiger partial charge in [0.15, 0.2) is 0 Å². The van der Waals surface area contributed by atoms with Gasteiger partial charge in [0.2, 0.25) is 0 Å². The first-order chi connectivity index (χ1) is 58.8. The van der Waals surface area contributed by atoms with Gasteiger partial charge in [-0.2, -0.15) is 11.3 Å². The number of aryl methyl sites for hydroxylation is 3. The molecule has 0 unspecified atom stereocenters. The molecule has 3 radical (unpaired) electrons. The quantitative estimate of drug-likeness (QED) is 0.0994. The molecule has 0 saturated heterocycles. The number of pyridine rings is 6. The van der Waals surface area contributed by atoms with Crippen molar-refractivity contribution in [3.05, 3.63) is 375 Å². The van der Waals surface area contributed by atoms with E-state index in [0.29, 0.717) is 0 Å². The summed E-state index contributed by atoms with van der Waals surface area (Å²) in [4.78, 5) is 26.5. The Labute approximate surface area is 748 Å². The number of fused-ring (bicyclic) bond motifs is 9. The molecule has 19 rings (SSSR count). The number of benzene rings is 10. The van der Waals surface area contributed by atoms with Gasteiger partial charge in [-0.05, 0) is 138 Å². The van der Waals surface area contributed by atoms with Crippen LogP contribution in [0.4, 0.5) is 0 Å². The normalized spacial score (nSPS) is 12.5. The van der Waals surface area contributed by atoms with Gasteiger partial charge in [0, 0.05) is 131 Å². The number of para-hydroxylation sites is 3. The molecule has 0 spiro atoms. The summed E-state index contributed by atoms with van der Waals surface area (Å²) in [7, 11) is -3.96. The van der Waals surface area contributed by atoms with E-state index in [-0.39, 0.29) is 77.0 Å². The first-order valence-electron chi connectivity index (χ1n) is 42.2. The Morgan fingerprint density at radius 3 is 1.12 bits per heavy atom. The minimum Gasteiger partial charge on any atom is -0.500 e. The van der Waals surface area contributed by atoms with E-state index in [1.165, 1.54) is 76.1 Å². The second kappa shape index (κ2) is 39.6. The van der Waals surface area contributed by atoms with Crippen molar-refractivity contribution in [3.8, 4) is 73.2 Å². The van der Waals surface area contributed by atoms with E-state index < -0.39 is 44.8 Å². The summed E-state index contributed by atoms with van der Waals surface area (Å²) in [5, 5.41) is 11.5. The fourth-order valence-electron chi connectivity index (χ4n) is 12.9. The average molecular weight is 2130 g/mol. The van der Waals surface area contributed by atoms with Crippen molar-refractivity contribution in [1.82, 2.24) is 34.5 Å². The van der Waals surface area contributed by atoms with Gasteiger partial charge >= 0.3 is 0 Å². The minimum atomic E-state index is -2.09. The molecule has 0 atom stereocenters. The van der Waals surface area contributed by atoms with Crippen LogP contribution >= 0.6 is 11.3 Å². The van der Waals surface area contributed by atoms with Gasteiger partial charge in [0.1, 0.15) is 5.58 Å². The predicted molar refractivity (Wildman–Crippen MR) is 489 cm³/mol. The molecule has 8 nitrogen and oxygen atoms in total. The Morgan fingerprint density at radius 1 is 0.299 bits per heavy atom. The summed E-state index contributed by atoms with van der Waals surface area (Å²) in [6, 6.07) is 113. The number of aromatic nitrogens is 7. The van der Waals surface area contributed by atoms with E-state index in [2.05, 4.69) is 271 Å². The molecule has 9 aromatic heterocycles. The molecule has 0 bridgehead atoms. The topological polar surface area (TPSA) is 95.4 Å². The predicted octanol–water partition coefficient (Wildman–Crippen LogP) is 25.2. The molecular weight excluding hydrogens is 2030 g/mol. The Morgan fingerprint density at radius 2 is 0.684 bits per heavy atom. The van der Waals surface area contributed by atoms with Crippen LogP contribution in [0.15, 0.2) is 327 Å². The van der Waals surface area contributed by atoms with Crippen LogP contribution in [0, 0.1) is 57.0 Å². The van der Waals surface area contributed by atoms with E-state index in [9.17, 15) is 0 Å². The Balaban J connectivity index is 0.000000148. The summed E-state index contributed by atoms with van der Waals surface area (Å²) in [5.41, 5.74) is 16.9. The van der Waals surface area contributed by atoms with E-state index >= 15 is 0 Å². The largest absolute Gasteiger partial charge is 0.500 e. The van der Waals surface area contributed by atoms with Crippen molar-refractivity contribution in [2.24, 2.45) is 0 Å². The maximum absolute atomic E-state index is 7.23. The van der Waals surface area contributed by atoms with Crippen LogP contribution in [-0.2, 0) is 60.3 Å². The SMILES string of the molecule is C[Si](C)(C)c1ccc(-c2[c-]cc3c(c2)c2ccccc2n3-c2ccccc2)nc1.C[Si](C)(C)c1ccc(-c2[c-]cc3oc4ccccc4c3c2)nc1.C[Si](C)(C)c1ccc(-c2[c-]cc3sc4ccccc4c3c2)nc1.[2H]C([2H])([2H])c1ccc(-c2[c-]cccc2)nc1.[2H]C([2H])([2H])c1ccc(-c2[c-]cccc2)nc1.[2H]C([2H])([2H])c1ccc(-c2[c-]cccc2)nc1.[Ir].[Ir].[Ir]. The molecule has 9 heterocycles. The fraction of sp³-hybridized carbons (Fsp3) is 0.118. The maximum Gasteiger partial charge on any atom is 0.120 e. The van der Waals surface area contributed by atoms with Gasteiger partial charge in [-0.1, -0.05) is 221 Å². The number of rotatable bonds is 10. The monoisotopic (exact) mass is 2130 g/mol. The Hall–Kier alpha value is -10.5. The zero-order valence-corrected chi connectivity index (χ0v) is 77.0. The average Bonchev–Trinajstić information content (AvgIpc) is 1.59. The molecule has 589 valence electrons. The molecule has 10 aromatic carbocycles. The van der Waals surface area contributed by atoms with Gasteiger partial charge < -0.3 is 38.9 Å². The van der Waals surface area contributed by atoms with Crippen LogP contribution in [0.25, 0.3) is 137 Å². The number of thiophene rings is 1. The number of hydrogen-bond acceptors (Lipinski definition) is 8. The number of nitrogens with zero attached hydrogens (tertiary/aromatic N) is 7. The third-order valence-corrected chi connectivity index (χ3v) is 26.4. The first kappa shape index (κ1) is 75.3. The number of furan rings is 1. The minimum absolute atomic E-state index is 0. The van der Waals surface area contributed by atoms with E-state index in [1.54, 1.807) is 54.6 Å². The molecule has 0 aliphatic heterocycles. The Kier molecular flexibility index (Phi) is 25.5. The van der Waals surface area contributed by atoms with Crippen LogP contribution in [-0.4, -0.2) is 58.7 Å². The molecule has 0 aliphatic rings. The summed E-state index contributed by atoms with van der Waals surface area (Å²) >= 11 is 1.83. The second-order valence-electron chi connectivity index (χ2n) is 30.5. The van der Waals surface area contributed by atoms with Crippen molar-refractivity contribution in [3.63, 3.8) is 0 Å². The molecule has 0 saturated carbocycles. The van der Waals surface area contributed by atoms with Gasteiger partial charge in [0.25, 0.3) is 0 Å². The van der Waals surface area contributed by atoms with Crippen LogP contribution < -0.4 is 15.6 Å². The molecular formula is C102H89Ir3N7OSSi3-6. The fourth-order valence-corrected chi connectivity index (χ4v) is 17.0. The summed E-state index contributed by atoms with van der Waals surface area (Å²) < 4.78 is 75.9. The van der Waals surface area contributed by atoms with Crippen molar-refractivity contribution >= 4 is 115 Å². The maximum atomic E-state index is 7.23. The molecule has 15 heteroatoms. The zero-order valence-electron chi connectivity index (χ0n) is 75.0. The third kappa shape index (κ3) is 21.8. The van der Waals surface area contributed by atoms with Crippen molar-refractivity contribution in [1.29, 1.82) is 0 Å². The van der Waals surface area contributed by atoms with Gasteiger partial charge in [-0.3, -0.25) is 0 Å². The van der Waals surface area contributed by atoms with Crippen molar-refractivity contribution in [2.45, 2.75) is 79.5 Å². The van der Waals surface area contributed by atoms with Gasteiger partial charge in [-0.15, -0.1) is 179 Å². The van der Waals surface area contributed by atoms with Crippen LogP contribution in [0.3, 0.4) is 0 Å². The summed E-state index contributed by atoms with van der Waals surface area (Å²) in [6.45, 7) is 14.8. The molecule has 0 amide bonds. The molecule has 0 N–H and O–H groups in total. The van der Waals surface area contributed by atoms with E-state index in [4.69, 9.17) is 26.7 Å².